The van der Waals surface area contributed by atoms with Gasteiger partial charge in [0.15, 0.2) is 0 Å². The molecule has 0 N–H and O–H groups in total. The fourth-order valence-electron chi connectivity index (χ4n) is 1.37. The van der Waals surface area contributed by atoms with E-state index in [1.807, 2.05) is 11.8 Å². The van der Waals surface area contributed by atoms with Crippen LogP contribution in [-0.2, 0) is 4.75 Å². The summed E-state index contributed by atoms with van der Waals surface area (Å²) in [5.74, 6) is 1.83. The lowest BCUT2D eigenvalue weighted by Gasteiger charge is -2.15. The minimum Gasteiger partial charge on any atom is -0.336 e. The number of thioether (sulfide) groups is 1. The summed E-state index contributed by atoms with van der Waals surface area (Å²) < 4.78 is 5.04. The summed E-state index contributed by atoms with van der Waals surface area (Å²) in [5, 5.41) is 3.78. The molecule has 0 spiro atoms. The Bertz CT molecular complexity index is 283. The molecule has 1 fully saturated rings. The lowest BCUT2D eigenvalue weighted by molar-refractivity contribution is 0.343. The Morgan fingerprint density at radius 2 is 2.50 bits per heavy atom. The second kappa shape index (κ2) is 2.92. The normalized spacial score (nSPS) is 29.5. The first-order chi connectivity index (χ1) is 5.71. The zero-order valence-electron chi connectivity index (χ0n) is 6.71. The Morgan fingerprint density at radius 3 is 3.00 bits per heavy atom. The van der Waals surface area contributed by atoms with E-state index in [4.69, 9.17) is 16.1 Å². The molecule has 0 aromatic carbocycles. The molecule has 3 nitrogen and oxygen atoms in total. The Labute approximate surface area is 79.9 Å². The number of halogens is 1. The predicted molar refractivity (Wildman–Crippen MR) is 48.4 cm³/mol. The van der Waals surface area contributed by atoms with Crippen LogP contribution < -0.4 is 0 Å². The van der Waals surface area contributed by atoms with E-state index in [9.17, 15) is 0 Å². The fraction of sp³-hybridized carbons (Fsp3) is 0.714. The molecule has 0 bridgehead atoms. The van der Waals surface area contributed by atoms with Gasteiger partial charge in [0, 0.05) is 0 Å². The summed E-state index contributed by atoms with van der Waals surface area (Å²) in [4.78, 5) is 4.03. The molecule has 1 aromatic rings. The van der Waals surface area contributed by atoms with E-state index < -0.39 is 0 Å². The lowest BCUT2D eigenvalue weighted by atomic mass is 10.1. The Balaban J connectivity index is 2.28. The van der Waals surface area contributed by atoms with Crippen molar-refractivity contribution in [3.05, 3.63) is 11.2 Å². The molecule has 0 aliphatic carbocycles. The number of rotatable bonds is 1. The molecule has 0 saturated carbocycles. The SMILES string of the molecule is CC1(c2nc(Cl)no2)CCCS1. The van der Waals surface area contributed by atoms with Gasteiger partial charge in [-0.3, -0.25) is 0 Å². The van der Waals surface area contributed by atoms with Crippen LogP contribution in [0.4, 0.5) is 0 Å². The van der Waals surface area contributed by atoms with Gasteiger partial charge in [-0.2, -0.15) is 4.98 Å². The van der Waals surface area contributed by atoms with Crippen molar-refractivity contribution in [3.63, 3.8) is 0 Å². The van der Waals surface area contributed by atoms with Crippen molar-refractivity contribution < 1.29 is 4.52 Å². The molecule has 5 heteroatoms. The van der Waals surface area contributed by atoms with Crippen LogP contribution in [0.3, 0.4) is 0 Å². The quantitative estimate of drug-likeness (QED) is 0.705. The van der Waals surface area contributed by atoms with Crippen molar-refractivity contribution in [3.8, 4) is 0 Å². The number of nitrogens with zero attached hydrogens (tertiary/aromatic N) is 2. The van der Waals surface area contributed by atoms with Crippen molar-refractivity contribution in [2.24, 2.45) is 0 Å². The number of hydrogen-bond acceptors (Lipinski definition) is 4. The zero-order chi connectivity index (χ0) is 8.60. The molecule has 1 saturated heterocycles. The highest BCUT2D eigenvalue weighted by atomic mass is 35.5. The molecule has 1 aliphatic rings. The molecule has 0 radical (unpaired) electrons. The standard InChI is InChI=1S/C7H9ClN2OS/c1-7(3-2-4-12-7)5-9-6(8)10-11-5/h2-4H2,1H3. The highest BCUT2D eigenvalue weighted by Crippen LogP contribution is 2.45. The molecule has 2 rings (SSSR count). The first-order valence-corrected chi connectivity index (χ1v) is 5.21. The zero-order valence-corrected chi connectivity index (χ0v) is 8.28. The largest absolute Gasteiger partial charge is 0.336 e. The van der Waals surface area contributed by atoms with E-state index >= 15 is 0 Å². The van der Waals surface area contributed by atoms with E-state index in [-0.39, 0.29) is 10.0 Å². The average Bonchev–Trinajstić information content (AvgIpc) is 2.59. The van der Waals surface area contributed by atoms with Crippen LogP contribution >= 0.6 is 23.4 Å². The van der Waals surface area contributed by atoms with Gasteiger partial charge in [-0.05, 0) is 42.3 Å². The molecular formula is C7H9ClN2OS. The van der Waals surface area contributed by atoms with Gasteiger partial charge in [-0.1, -0.05) is 0 Å². The maximum atomic E-state index is 5.58. The second-order valence-electron chi connectivity index (χ2n) is 3.05. The van der Waals surface area contributed by atoms with Gasteiger partial charge >= 0.3 is 0 Å². The van der Waals surface area contributed by atoms with Crippen molar-refractivity contribution >= 4 is 23.4 Å². The van der Waals surface area contributed by atoms with Gasteiger partial charge in [0.25, 0.3) is 5.28 Å². The monoisotopic (exact) mass is 204 g/mol. The third-order valence-corrected chi connectivity index (χ3v) is 3.73. The fourth-order valence-corrected chi connectivity index (χ4v) is 2.71. The molecule has 1 atom stereocenters. The van der Waals surface area contributed by atoms with Crippen molar-refractivity contribution in [1.82, 2.24) is 10.1 Å². The van der Waals surface area contributed by atoms with Gasteiger partial charge < -0.3 is 4.52 Å². The van der Waals surface area contributed by atoms with Crippen LogP contribution in [0.2, 0.25) is 5.28 Å². The average molecular weight is 205 g/mol. The van der Waals surface area contributed by atoms with E-state index in [1.165, 1.54) is 6.42 Å². The summed E-state index contributed by atoms with van der Waals surface area (Å²) in [5.41, 5.74) is 0. The highest BCUT2D eigenvalue weighted by molar-refractivity contribution is 8.00. The maximum absolute atomic E-state index is 5.58. The van der Waals surface area contributed by atoms with E-state index in [0.717, 1.165) is 12.2 Å². The van der Waals surface area contributed by atoms with Crippen LogP contribution in [0, 0.1) is 0 Å². The summed E-state index contributed by atoms with van der Waals surface area (Å²) in [6.07, 6.45) is 2.30. The summed E-state index contributed by atoms with van der Waals surface area (Å²) in [6, 6.07) is 0. The molecule has 66 valence electrons. The summed E-state index contributed by atoms with van der Waals surface area (Å²) >= 11 is 7.43. The van der Waals surface area contributed by atoms with Gasteiger partial charge in [-0.25, -0.2) is 0 Å². The predicted octanol–water partition coefficient (Wildman–Crippen LogP) is 2.47. The molecule has 2 heterocycles. The first-order valence-electron chi connectivity index (χ1n) is 3.84. The minimum absolute atomic E-state index is 0.000139. The molecule has 0 amide bonds. The summed E-state index contributed by atoms with van der Waals surface area (Å²) in [7, 11) is 0. The van der Waals surface area contributed by atoms with Crippen molar-refractivity contribution in [1.29, 1.82) is 0 Å². The Kier molecular flexibility index (Phi) is 2.04. The van der Waals surface area contributed by atoms with Gasteiger partial charge in [0.05, 0.1) is 4.75 Å². The maximum Gasteiger partial charge on any atom is 0.263 e. The minimum atomic E-state index is 0.000139. The first kappa shape index (κ1) is 8.38. The number of hydrogen-bond donors (Lipinski definition) is 0. The third kappa shape index (κ3) is 1.33. The van der Waals surface area contributed by atoms with Crippen LogP contribution in [0.1, 0.15) is 25.7 Å². The van der Waals surface area contributed by atoms with Gasteiger partial charge in [0.2, 0.25) is 5.89 Å². The number of aromatic nitrogens is 2. The highest BCUT2D eigenvalue weighted by Gasteiger charge is 2.36. The van der Waals surface area contributed by atoms with Crippen LogP contribution in [0.15, 0.2) is 4.52 Å². The smallest absolute Gasteiger partial charge is 0.263 e. The van der Waals surface area contributed by atoms with Crippen LogP contribution in [-0.4, -0.2) is 15.9 Å². The third-order valence-electron chi connectivity index (χ3n) is 2.07. The molecule has 1 unspecified atom stereocenters. The molecule has 1 aromatic heterocycles. The van der Waals surface area contributed by atoms with E-state index in [0.29, 0.717) is 5.89 Å². The van der Waals surface area contributed by atoms with Crippen LogP contribution in [0.5, 0.6) is 0 Å². The van der Waals surface area contributed by atoms with Crippen molar-refractivity contribution in [2.45, 2.75) is 24.5 Å². The van der Waals surface area contributed by atoms with Gasteiger partial charge in [-0.15, -0.1) is 11.8 Å². The topological polar surface area (TPSA) is 38.9 Å². The van der Waals surface area contributed by atoms with Crippen LogP contribution in [0.25, 0.3) is 0 Å². The Hall–Kier alpha value is -0.220. The van der Waals surface area contributed by atoms with E-state index in [1.54, 1.807) is 0 Å². The summed E-state index contributed by atoms with van der Waals surface area (Å²) in [6.45, 7) is 2.12. The molecule has 12 heavy (non-hydrogen) atoms. The van der Waals surface area contributed by atoms with Gasteiger partial charge in [0.1, 0.15) is 0 Å². The molecular weight excluding hydrogens is 196 g/mol. The second-order valence-corrected chi connectivity index (χ2v) is 4.99. The molecule has 1 aliphatic heterocycles. The Morgan fingerprint density at radius 1 is 1.67 bits per heavy atom. The lowest BCUT2D eigenvalue weighted by Crippen LogP contribution is -2.12. The van der Waals surface area contributed by atoms with Crippen molar-refractivity contribution in [2.75, 3.05) is 5.75 Å². The van der Waals surface area contributed by atoms with E-state index in [2.05, 4.69) is 17.1 Å².